The summed E-state index contributed by atoms with van der Waals surface area (Å²) in [6.07, 6.45) is 4.24. The predicted molar refractivity (Wildman–Crippen MR) is 42.9 cm³/mol. The first-order chi connectivity index (χ1) is 4.84. The highest BCUT2D eigenvalue weighted by Crippen LogP contribution is 2.24. The summed E-state index contributed by atoms with van der Waals surface area (Å²) in [5.74, 6) is 0.325. The summed E-state index contributed by atoms with van der Waals surface area (Å²) in [5.41, 5.74) is 0. The second-order valence-electron chi connectivity index (χ2n) is 2.91. The van der Waals surface area contributed by atoms with E-state index in [0.717, 1.165) is 19.3 Å². The molecule has 0 heterocycles. The number of rotatable bonds is 2. The molecule has 0 spiro atoms. The van der Waals surface area contributed by atoms with Crippen LogP contribution < -0.4 is 0 Å². The average molecular weight is 162 g/mol. The van der Waals surface area contributed by atoms with Crippen molar-refractivity contribution in [1.29, 1.82) is 0 Å². The van der Waals surface area contributed by atoms with Gasteiger partial charge in [-0.05, 0) is 25.8 Å². The van der Waals surface area contributed by atoms with Crippen molar-refractivity contribution in [2.45, 2.75) is 31.8 Å². The molecule has 1 saturated carbocycles. The number of thiol groups is 1. The van der Waals surface area contributed by atoms with E-state index in [-0.39, 0.29) is 6.10 Å². The van der Waals surface area contributed by atoms with Gasteiger partial charge in [0.2, 0.25) is 0 Å². The zero-order chi connectivity index (χ0) is 7.40. The molecule has 0 aromatic heterocycles. The van der Waals surface area contributed by atoms with E-state index in [1.165, 1.54) is 6.42 Å². The topological polar surface area (TPSA) is 29.5 Å². The van der Waals surface area contributed by atoms with Crippen molar-refractivity contribution < 1.29 is 9.29 Å². The molecule has 1 fully saturated rings. The fourth-order valence-corrected chi connectivity index (χ4v) is 1.67. The molecule has 0 radical (unpaired) electrons. The summed E-state index contributed by atoms with van der Waals surface area (Å²) < 4.78 is 4.69. The van der Waals surface area contributed by atoms with Crippen LogP contribution >= 0.6 is 12.9 Å². The second-order valence-corrected chi connectivity index (χ2v) is 3.17. The van der Waals surface area contributed by atoms with E-state index in [0.29, 0.717) is 12.5 Å². The summed E-state index contributed by atoms with van der Waals surface area (Å²) in [6.45, 7) is 0.588. The Labute approximate surface area is 67.2 Å². The molecule has 1 aliphatic carbocycles. The molecule has 1 aliphatic rings. The van der Waals surface area contributed by atoms with Gasteiger partial charge in [-0.25, -0.2) is 0 Å². The largest absolute Gasteiger partial charge is 0.393 e. The van der Waals surface area contributed by atoms with Crippen LogP contribution in [0.4, 0.5) is 0 Å². The monoisotopic (exact) mass is 162 g/mol. The van der Waals surface area contributed by atoms with Crippen molar-refractivity contribution in [2.24, 2.45) is 5.92 Å². The lowest BCUT2D eigenvalue weighted by atomic mass is 9.87. The first kappa shape index (κ1) is 8.37. The molecular formula is C7H14O2S. The van der Waals surface area contributed by atoms with Gasteiger partial charge in [-0.1, -0.05) is 12.8 Å². The number of hydrogen-bond acceptors (Lipinski definition) is 3. The lowest BCUT2D eigenvalue weighted by Gasteiger charge is -2.26. The molecule has 0 amide bonds. The van der Waals surface area contributed by atoms with Gasteiger partial charge in [0.05, 0.1) is 12.7 Å². The van der Waals surface area contributed by atoms with E-state index in [4.69, 9.17) is 0 Å². The predicted octanol–water partition coefficient (Wildman–Crippen LogP) is 1.40. The fraction of sp³-hybridized carbons (Fsp3) is 1.00. The minimum Gasteiger partial charge on any atom is -0.393 e. The molecule has 0 bridgehead atoms. The van der Waals surface area contributed by atoms with E-state index >= 15 is 0 Å². The highest BCUT2D eigenvalue weighted by molar-refractivity contribution is 7.75. The van der Waals surface area contributed by atoms with Crippen LogP contribution in [0.25, 0.3) is 0 Å². The average Bonchev–Trinajstić information content (AvgIpc) is 1.94. The Bertz CT molecular complexity index is 95.6. The molecule has 10 heavy (non-hydrogen) atoms. The molecule has 2 unspecified atom stereocenters. The molecule has 0 aliphatic heterocycles. The first-order valence-electron chi connectivity index (χ1n) is 3.79. The zero-order valence-electron chi connectivity index (χ0n) is 5.99. The molecule has 60 valence electrons. The maximum Gasteiger partial charge on any atom is 0.0663 e. The molecule has 3 heteroatoms. The van der Waals surface area contributed by atoms with Gasteiger partial charge < -0.3 is 9.29 Å². The summed E-state index contributed by atoms with van der Waals surface area (Å²) >= 11 is 3.66. The van der Waals surface area contributed by atoms with Crippen LogP contribution in [0.15, 0.2) is 0 Å². The third-order valence-corrected chi connectivity index (χ3v) is 2.31. The Kier molecular flexibility index (Phi) is 3.52. The fourth-order valence-electron chi connectivity index (χ4n) is 1.48. The third kappa shape index (κ3) is 2.15. The van der Waals surface area contributed by atoms with E-state index in [1.54, 1.807) is 0 Å². The van der Waals surface area contributed by atoms with Gasteiger partial charge in [0.25, 0.3) is 0 Å². The van der Waals surface area contributed by atoms with Crippen LogP contribution in [0.1, 0.15) is 25.7 Å². The van der Waals surface area contributed by atoms with Crippen molar-refractivity contribution >= 4 is 12.9 Å². The van der Waals surface area contributed by atoms with Crippen LogP contribution in [-0.4, -0.2) is 17.8 Å². The maximum absolute atomic E-state index is 9.39. The Balaban J connectivity index is 2.25. The highest BCUT2D eigenvalue weighted by Gasteiger charge is 2.22. The second kappa shape index (κ2) is 4.21. The van der Waals surface area contributed by atoms with Gasteiger partial charge in [-0.15, -0.1) is 0 Å². The Morgan fingerprint density at radius 2 is 2.10 bits per heavy atom. The minimum absolute atomic E-state index is 0.152. The molecule has 0 aromatic carbocycles. The number of aliphatic hydroxyl groups excluding tert-OH is 1. The van der Waals surface area contributed by atoms with Crippen LogP contribution in [-0.2, 0) is 4.18 Å². The standard InChI is InChI=1S/C7H14O2S/c8-7-4-2-1-3-6(7)5-9-10/h6-8,10H,1-5H2. The van der Waals surface area contributed by atoms with E-state index < -0.39 is 0 Å². The summed E-state index contributed by atoms with van der Waals surface area (Å²) in [4.78, 5) is 0. The molecule has 1 rings (SSSR count). The normalized spacial score (nSPS) is 34.2. The molecule has 2 atom stereocenters. The summed E-state index contributed by atoms with van der Waals surface area (Å²) in [7, 11) is 0. The van der Waals surface area contributed by atoms with E-state index in [1.807, 2.05) is 0 Å². The van der Waals surface area contributed by atoms with E-state index in [9.17, 15) is 5.11 Å². The minimum atomic E-state index is -0.152. The van der Waals surface area contributed by atoms with Crippen molar-refractivity contribution in [1.82, 2.24) is 0 Å². The van der Waals surface area contributed by atoms with Gasteiger partial charge in [0.15, 0.2) is 0 Å². The Morgan fingerprint density at radius 1 is 1.40 bits per heavy atom. The Morgan fingerprint density at radius 3 is 2.70 bits per heavy atom. The smallest absolute Gasteiger partial charge is 0.0663 e. The van der Waals surface area contributed by atoms with Gasteiger partial charge >= 0.3 is 0 Å². The lowest BCUT2D eigenvalue weighted by molar-refractivity contribution is 0.0475. The van der Waals surface area contributed by atoms with Crippen molar-refractivity contribution in [3.63, 3.8) is 0 Å². The van der Waals surface area contributed by atoms with Gasteiger partial charge in [-0.3, -0.25) is 0 Å². The van der Waals surface area contributed by atoms with Crippen molar-refractivity contribution in [3.8, 4) is 0 Å². The first-order valence-corrected chi connectivity index (χ1v) is 4.15. The quantitative estimate of drug-likeness (QED) is 0.475. The van der Waals surface area contributed by atoms with E-state index in [2.05, 4.69) is 17.1 Å². The molecular weight excluding hydrogens is 148 g/mol. The highest BCUT2D eigenvalue weighted by atomic mass is 32.1. The molecule has 1 N–H and O–H groups in total. The van der Waals surface area contributed by atoms with Gasteiger partial charge in [0, 0.05) is 5.92 Å². The number of hydrogen-bond donors (Lipinski definition) is 2. The van der Waals surface area contributed by atoms with Crippen LogP contribution in [0.3, 0.4) is 0 Å². The molecule has 0 saturated heterocycles. The van der Waals surface area contributed by atoms with Gasteiger partial charge in [-0.2, -0.15) is 0 Å². The van der Waals surface area contributed by atoms with Gasteiger partial charge in [0.1, 0.15) is 0 Å². The van der Waals surface area contributed by atoms with Crippen molar-refractivity contribution in [2.75, 3.05) is 6.61 Å². The molecule has 0 aromatic rings. The van der Waals surface area contributed by atoms with Crippen LogP contribution in [0, 0.1) is 5.92 Å². The summed E-state index contributed by atoms with van der Waals surface area (Å²) in [5, 5.41) is 9.39. The van der Waals surface area contributed by atoms with Crippen molar-refractivity contribution in [3.05, 3.63) is 0 Å². The maximum atomic E-state index is 9.39. The summed E-state index contributed by atoms with van der Waals surface area (Å²) in [6, 6.07) is 0. The zero-order valence-corrected chi connectivity index (χ0v) is 6.89. The number of aliphatic hydroxyl groups is 1. The Hall–Kier alpha value is 0.270. The van der Waals surface area contributed by atoms with Crippen LogP contribution in [0.2, 0.25) is 0 Å². The lowest BCUT2D eigenvalue weighted by Crippen LogP contribution is -2.27. The third-order valence-electron chi connectivity index (χ3n) is 2.16. The SMILES string of the molecule is OC1CCCCC1COS. The van der Waals surface area contributed by atoms with Crippen LogP contribution in [0.5, 0.6) is 0 Å². The molecule has 2 nitrogen and oxygen atoms in total.